The standard InChI is InChI=1S/C19H18O6/c1-21-14-6-4-5-12(9-14)15(20)8-7-13-10-16-18(25-11-24-16)19(23-3)17(13)22-2/h4-10H,11H2,1-3H3. The average molecular weight is 342 g/mol. The molecule has 1 aliphatic rings. The highest BCUT2D eigenvalue weighted by molar-refractivity contribution is 6.07. The first-order valence-electron chi connectivity index (χ1n) is 7.59. The van der Waals surface area contributed by atoms with E-state index in [2.05, 4.69) is 0 Å². The summed E-state index contributed by atoms with van der Waals surface area (Å²) in [6.07, 6.45) is 3.12. The van der Waals surface area contributed by atoms with Crippen LogP contribution in [0.3, 0.4) is 0 Å². The second-order valence-corrected chi connectivity index (χ2v) is 5.20. The third-order valence-corrected chi connectivity index (χ3v) is 3.78. The van der Waals surface area contributed by atoms with E-state index in [1.54, 1.807) is 43.5 Å². The predicted octanol–water partition coefficient (Wildman–Crippen LogP) is 3.34. The van der Waals surface area contributed by atoms with Gasteiger partial charge in [0.25, 0.3) is 0 Å². The van der Waals surface area contributed by atoms with Gasteiger partial charge in [0, 0.05) is 11.1 Å². The summed E-state index contributed by atoms with van der Waals surface area (Å²) >= 11 is 0. The van der Waals surface area contributed by atoms with Crippen molar-refractivity contribution in [3.63, 3.8) is 0 Å². The van der Waals surface area contributed by atoms with Crippen molar-refractivity contribution in [1.29, 1.82) is 0 Å². The van der Waals surface area contributed by atoms with Gasteiger partial charge in [-0.25, -0.2) is 0 Å². The fraction of sp³-hybridized carbons (Fsp3) is 0.211. The van der Waals surface area contributed by atoms with Crippen molar-refractivity contribution in [3.8, 4) is 28.7 Å². The molecule has 0 N–H and O–H groups in total. The second kappa shape index (κ2) is 7.17. The Morgan fingerprint density at radius 3 is 2.56 bits per heavy atom. The molecule has 1 aliphatic heterocycles. The van der Waals surface area contributed by atoms with Gasteiger partial charge in [0.2, 0.25) is 18.3 Å². The normalized spacial score (nSPS) is 12.3. The number of methoxy groups -OCH3 is 3. The molecule has 6 nitrogen and oxygen atoms in total. The fourth-order valence-electron chi connectivity index (χ4n) is 2.57. The van der Waals surface area contributed by atoms with Crippen molar-refractivity contribution >= 4 is 11.9 Å². The molecule has 0 fully saturated rings. The predicted molar refractivity (Wildman–Crippen MR) is 92.0 cm³/mol. The summed E-state index contributed by atoms with van der Waals surface area (Å²) in [6.45, 7) is 0.116. The van der Waals surface area contributed by atoms with Crippen molar-refractivity contribution in [2.75, 3.05) is 28.1 Å². The van der Waals surface area contributed by atoms with E-state index in [-0.39, 0.29) is 12.6 Å². The summed E-state index contributed by atoms with van der Waals surface area (Å²) in [6, 6.07) is 8.71. The van der Waals surface area contributed by atoms with E-state index in [1.165, 1.54) is 20.3 Å². The lowest BCUT2D eigenvalue weighted by Crippen LogP contribution is -1.97. The Morgan fingerprint density at radius 1 is 1.04 bits per heavy atom. The summed E-state index contributed by atoms with van der Waals surface area (Å²) in [5.74, 6) is 2.42. The Bertz CT molecular complexity index is 825. The van der Waals surface area contributed by atoms with Crippen LogP contribution in [0.25, 0.3) is 6.08 Å². The third kappa shape index (κ3) is 3.24. The number of carbonyl (C=O) groups is 1. The molecule has 1 heterocycles. The molecule has 0 bridgehead atoms. The van der Waals surface area contributed by atoms with Crippen molar-refractivity contribution in [2.24, 2.45) is 0 Å². The molecule has 0 saturated heterocycles. The van der Waals surface area contributed by atoms with Crippen LogP contribution in [0.1, 0.15) is 15.9 Å². The lowest BCUT2D eigenvalue weighted by atomic mass is 10.1. The van der Waals surface area contributed by atoms with Gasteiger partial charge in [-0.2, -0.15) is 0 Å². The Morgan fingerprint density at radius 2 is 1.84 bits per heavy atom. The lowest BCUT2D eigenvalue weighted by Gasteiger charge is -2.12. The fourth-order valence-corrected chi connectivity index (χ4v) is 2.57. The molecule has 25 heavy (non-hydrogen) atoms. The zero-order valence-corrected chi connectivity index (χ0v) is 14.2. The Balaban J connectivity index is 1.94. The van der Waals surface area contributed by atoms with Crippen LogP contribution in [0, 0.1) is 0 Å². The molecule has 0 unspecified atom stereocenters. The van der Waals surface area contributed by atoms with Gasteiger partial charge in [0.15, 0.2) is 17.3 Å². The number of ketones is 1. The molecule has 0 amide bonds. The number of benzene rings is 2. The number of carbonyl (C=O) groups excluding carboxylic acids is 1. The van der Waals surface area contributed by atoms with Crippen LogP contribution in [-0.4, -0.2) is 33.9 Å². The van der Waals surface area contributed by atoms with Crippen LogP contribution < -0.4 is 23.7 Å². The highest BCUT2D eigenvalue weighted by Crippen LogP contribution is 2.49. The summed E-state index contributed by atoms with van der Waals surface area (Å²) < 4.78 is 26.8. The van der Waals surface area contributed by atoms with Crippen LogP contribution in [0.15, 0.2) is 36.4 Å². The van der Waals surface area contributed by atoms with E-state index in [0.717, 1.165) is 0 Å². The van der Waals surface area contributed by atoms with Gasteiger partial charge < -0.3 is 23.7 Å². The highest BCUT2D eigenvalue weighted by Gasteiger charge is 2.25. The molecule has 0 radical (unpaired) electrons. The van der Waals surface area contributed by atoms with Crippen LogP contribution in [0.4, 0.5) is 0 Å². The number of fused-ring (bicyclic) bond motifs is 1. The van der Waals surface area contributed by atoms with Gasteiger partial charge in [-0.3, -0.25) is 4.79 Å². The maximum Gasteiger partial charge on any atom is 0.231 e. The number of ether oxygens (including phenoxy) is 5. The largest absolute Gasteiger partial charge is 0.497 e. The Labute approximate surface area is 145 Å². The lowest BCUT2D eigenvalue weighted by molar-refractivity contribution is 0.104. The Kier molecular flexibility index (Phi) is 4.79. The van der Waals surface area contributed by atoms with Gasteiger partial charge in [-0.05, 0) is 30.4 Å². The van der Waals surface area contributed by atoms with Crippen LogP contribution >= 0.6 is 0 Å². The third-order valence-electron chi connectivity index (χ3n) is 3.78. The summed E-state index contributed by atoms with van der Waals surface area (Å²) in [7, 11) is 4.61. The molecule has 0 aliphatic carbocycles. The number of allylic oxidation sites excluding steroid dienone is 1. The molecular weight excluding hydrogens is 324 g/mol. The van der Waals surface area contributed by atoms with E-state index >= 15 is 0 Å². The average Bonchev–Trinajstić information content (AvgIpc) is 3.12. The maximum atomic E-state index is 12.4. The van der Waals surface area contributed by atoms with Crippen LogP contribution in [0.2, 0.25) is 0 Å². The molecule has 0 spiro atoms. The van der Waals surface area contributed by atoms with Crippen LogP contribution in [0.5, 0.6) is 28.7 Å². The number of hydrogen-bond donors (Lipinski definition) is 0. The molecule has 3 rings (SSSR count). The van der Waals surface area contributed by atoms with E-state index in [4.69, 9.17) is 23.7 Å². The minimum Gasteiger partial charge on any atom is -0.497 e. The van der Waals surface area contributed by atoms with E-state index in [0.29, 0.717) is 39.9 Å². The SMILES string of the molecule is COc1cccc(C(=O)C=Cc2cc3c(c(OC)c2OC)OCO3)c1. The molecule has 0 saturated carbocycles. The topological polar surface area (TPSA) is 63.2 Å². The summed E-state index contributed by atoms with van der Waals surface area (Å²) in [5, 5.41) is 0. The molecule has 6 heteroatoms. The smallest absolute Gasteiger partial charge is 0.231 e. The molecule has 2 aromatic carbocycles. The first-order chi connectivity index (χ1) is 12.2. The van der Waals surface area contributed by atoms with E-state index < -0.39 is 0 Å². The van der Waals surface area contributed by atoms with Crippen molar-refractivity contribution < 1.29 is 28.5 Å². The minimum absolute atomic E-state index is 0.116. The molecular formula is C19H18O6. The first kappa shape index (κ1) is 16.7. The van der Waals surface area contributed by atoms with Gasteiger partial charge >= 0.3 is 0 Å². The van der Waals surface area contributed by atoms with E-state index in [9.17, 15) is 4.79 Å². The quantitative estimate of drug-likeness (QED) is 0.593. The number of rotatable bonds is 6. The molecule has 0 aromatic heterocycles. The van der Waals surface area contributed by atoms with Crippen molar-refractivity contribution in [1.82, 2.24) is 0 Å². The number of hydrogen-bond acceptors (Lipinski definition) is 6. The highest BCUT2D eigenvalue weighted by atomic mass is 16.7. The zero-order valence-electron chi connectivity index (χ0n) is 14.2. The van der Waals surface area contributed by atoms with Crippen molar-refractivity contribution in [3.05, 3.63) is 47.5 Å². The van der Waals surface area contributed by atoms with Gasteiger partial charge in [0.1, 0.15) is 5.75 Å². The van der Waals surface area contributed by atoms with Crippen LogP contribution in [-0.2, 0) is 0 Å². The molecule has 130 valence electrons. The summed E-state index contributed by atoms with van der Waals surface area (Å²) in [4.78, 5) is 12.4. The zero-order chi connectivity index (χ0) is 17.8. The molecule has 0 atom stereocenters. The van der Waals surface area contributed by atoms with Gasteiger partial charge in [-0.15, -0.1) is 0 Å². The van der Waals surface area contributed by atoms with E-state index in [1.807, 2.05) is 0 Å². The summed E-state index contributed by atoms with van der Waals surface area (Å²) in [5.41, 5.74) is 1.18. The second-order valence-electron chi connectivity index (χ2n) is 5.20. The van der Waals surface area contributed by atoms with Gasteiger partial charge in [-0.1, -0.05) is 12.1 Å². The monoisotopic (exact) mass is 342 g/mol. The Hall–Kier alpha value is -3.15. The van der Waals surface area contributed by atoms with Crippen molar-refractivity contribution in [2.45, 2.75) is 0 Å². The maximum absolute atomic E-state index is 12.4. The first-order valence-corrected chi connectivity index (χ1v) is 7.59. The van der Waals surface area contributed by atoms with Gasteiger partial charge in [0.05, 0.1) is 21.3 Å². The minimum atomic E-state index is -0.155. The molecule has 2 aromatic rings.